The Morgan fingerprint density at radius 1 is 1.30 bits per heavy atom. The number of hydrogen-bond donors (Lipinski definition) is 0. The lowest BCUT2D eigenvalue weighted by Crippen LogP contribution is -2.24. The van der Waals surface area contributed by atoms with E-state index in [1.165, 1.54) is 29.7 Å². The minimum absolute atomic E-state index is 0.217. The van der Waals surface area contributed by atoms with E-state index < -0.39 is 0 Å². The molecular weight excluding hydrogens is 268 g/mol. The summed E-state index contributed by atoms with van der Waals surface area (Å²) >= 11 is 1.74. The Hall–Kier alpha value is -1.16. The Bertz CT molecular complexity index is 709. The molecule has 4 heteroatoms. The first kappa shape index (κ1) is 12.6. The fourth-order valence-electron chi connectivity index (χ4n) is 3.79. The summed E-state index contributed by atoms with van der Waals surface area (Å²) in [6, 6.07) is 0.387. The second kappa shape index (κ2) is 4.69. The molecule has 1 fully saturated rings. The summed E-state index contributed by atoms with van der Waals surface area (Å²) in [5.41, 5.74) is 1.53. The molecule has 2 aromatic rings. The van der Waals surface area contributed by atoms with Crippen LogP contribution in [-0.2, 0) is 12.8 Å². The van der Waals surface area contributed by atoms with Crippen molar-refractivity contribution in [2.75, 3.05) is 0 Å². The highest BCUT2D eigenvalue weighted by Crippen LogP contribution is 2.36. The van der Waals surface area contributed by atoms with Crippen LogP contribution < -0.4 is 5.56 Å². The average Bonchev–Trinajstić information content (AvgIpc) is 3.05. The zero-order chi connectivity index (χ0) is 13.7. The quantitative estimate of drug-likeness (QED) is 0.802. The van der Waals surface area contributed by atoms with Crippen molar-refractivity contribution in [2.24, 2.45) is 5.92 Å². The molecule has 0 bridgehead atoms. The van der Waals surface area contributed by atoms with Crippen LogP contribution in [0.2, 0.25) is 0 Å². The molecule has 0 unspecified atom stereocenters. The van der Waals surface area contributed by atoms with Gasteiger partial charge in [-0.3, -0.25) is 9.36 Å². The Labute approximate surface area is 122 Å². The predicted molar refractivity (Wildman–Crippen MR) is 82.6 cm³/mol. The van der Waals surface area contributed by atoms with Crippen LogP contribution in [0.1, 0.15) is 55.5 Å². The van der Waals surface area contributed by atoms with Gasteiger partial charge in [-0.2, -0.15) is 0 Å². The van der Waals surface area contributed by atoms with E-state index in [2.05, 4.69) is 11.9 Å². The zero-order valence-electron chi connectivity index (χ0n) is 11.9. The van der Waals surface area contributed by atoms with Gasteiger partial charge in [-0.1, -0.05) is 19.8 Å². The molecule has 1 saturated carbocycles. The van der Waals surface area contributed by atoms with Crippen LogP contribution >= 0.6 is 11.3 Å². The molecule has 106 valence electrons. The number of nitrogens with zero attached hydrogens (tertiary/aromatic N) is 2. The summed E-state index contributed by atoms with van der Waals surface area (Å²) in [5.74, 6) is 0.743. The molecule has 2 aromatic heterocycles. The molecule has 3 nitrogen and oxygen atoms in total. The Kier molecular flexibility index (Phi) is 2.95. The van der Waals surface area contributed by atoms with E-state index in [-0.39, 0.29) is 5.56 Å². The number of hydrogen-bond acceptors (Lipinski definition) is 3. The van der Waals surface area contributed by atoms with Crippen LogP contribution in [0, 0.1) is 5.92 Å². The highest BCUT2D eigenvalue weighted by molar-refractivity contribution is 7.18. The van der Waals surface area contributed by atoms with Crippen LogP contribution in [0.25, 0.3) is 10.2 Å². The van der Waals surface area contributed by atoms with E-state index in [1.807, 2.05) is 4.57 Å². The van der Waals surface area contributed by atoms with E-state index in [9.17, 15) is 4.79 Å². The standard InChI is InChI=1S/C16H20N2OS/c1-10-6-7-12-13(8-10)20-15-14(12)16(19)18(9-17-15)11-4-2-3-5-11/h9-11H,2-8H2,1H3/t10-/m1/s1. The molecule has 0 amide bonds. The molecular formula is C16H20N2OS. The summed E-state index contributed by atoms with van der Waals surface area (Å²) in [6.45, 7) is 2.30. The molecule has 2 aliphatic carbocycles. The lowest BCUT2D eigenvalue weighted by atomic mass is 9.89. The van der Waals surface area contributed by atoms with Crippen molar-refractivity contribution >= 4 is 21.6 Å². The molecule has 0 radical (unpaired) electrons. The van der Waals surface area contributed by atoms with Gasteiger partial charge in [0, 0.05) is 10.9 Å². The van der Waals surface area contributed by atoms with Gasteiger partial charge in [0.1, 0.15) is 4.83 Å². The van der Waals surface area contributed by atoms with E-state index in [0.717, 1.165) is 41.8 Å². The fraction of sp³-hybridized carbons (Fsp3) is 0.625. The van der Waals surface area contributed by atoms with Gasteiger partial charge in [-0.15, -0.1) is 11.3 Å². The molecule has 0 saturated heterocycles. The van der Waals surface area contributed by atoms with Crippen molar-refractivity contribution in [3.63, 3.8) is 0 Å². The van der Waals surface area contributed by atoms with Gasteiger partial charge < -0.3 is 0 Å². The van der Waals surface area contributed by atoms with Gasteiger partial charge in [0.15, 0.2) is 0 Å². The molecule has 4 rings (SSSR count). The number of fused-ring (bicyclic) bond motifs is 3. The first-order valence-corrected chi connectivity index (χ1v) is 8.57. The highest BCUT2D eigenvalue weighted by atomic mass is 32.1. The molecule has 1 atom stereocenters. The normalized spacial score (nSPS) is 23.4. The van der Waals surface area contributed by atoms with Crippen molar-refractivity contribution in [1.29, 1.82) is 0 Å². The first-order chi connectivity index (χ1) is 9.74. The third-order valence-electron chi connectivity index (χ3n) is 4.96. The zero-order valence-corrected chi connectivity index (χ0v) is 12.7. The van der Waals surface area contributed by atoms with E-state index in [4.69, 9.17) is 0 Å². The lowest BCUT2D eigenvalue weighted by molar-refractivity contribution is 0.496. The third-order valence-corrected chi connectivity index (χ3v) is 6.12. The maximum Gasteiger partial charge on any atom is 0.262 e. The Morgan fingerprint density at radius 2 is 2.10 bits per heavy atom. The Balaban J connectivity index is 1.90. The summed E-state index contributed by atoms with van der Waals surface area (Å²) in [7, 11) is 0. The summed E-state index contributed by atoms with van der Waals surface area (Å²) in [6.07, 6.45) is 9.94. The van der Waals surface area contributed by atoms with Crippen molar-refractivity contribution in [2.45, 2.75) is 57.9 Å². The number of aromatic nitrogens is 2. The van der Waals surface area contributed by atoms with E-state index >= 15 is 0 Å². The number of thiophene rings is 1. The van der Waals surface area contributed by atoms with Crippen molar-refractivity contribution in [3.05, 3.63) is 27.1 Å². The SMILES string of the molecule is C[C@@H]1CCc2c(sc3ncn(C4CCCC4)c(=O)c23)C1. The second-order valence-corrected chi connectivity index (χ2v) is 7.51. The van der Waals surface area contributed by atoms with E-state index in [1.54, 1.807) is 17.7 Å². The number of aryl methyl sites for hydroxylation is 1. The highest BCUT2D eigenvalue weighted by Gasteiger charge is 2.25. The molecule has 2 aliphatic rings. The second-order valence-electron chi connectivity index (χ2n) is 6.43. The van der Waals surface area contributed by atoms with Gasteiger partial charge in [0.05, 0.1) is 11.7 Å². The fourth-order valence-corrected chi connectivity index (χ4v) is 5.13. The van der Waals surface area contributed by atoms with Crippen LogP contribution in [0.3, 0.4) is 0 Å². The maximum absolute atomic E-state index is 12.9. The van der Waals surface area contributed by atoms with Crippen LogP contribution in [-0.4, -0.2) is 9.55 Å². The predicted octanol–water partition coefficient (Wildman–Crippen LogP) is 3.70. The van der Waals surface area contributed by atoms with Gasteiger partial charge >= 0.3 is 0 Å². The smallest absolute Gasteiger partial charge is 0.262 e. The van der Waals surface area contributed by atoms with Crippen LogP contribution in [0.15, 0.2) is 11.1 Å². The molecule has 0 spiro atoms. The average molecular weight is 288 g/mol. The molecule has 2 heterocycles. The largest absolute Gasteiger partial charge is 0.296 e. The minimum Gasteiger partial charge on any atom is -0.296 e. The lowest BCUT2D eigenvalue weighted by Gasteiger charge is -2.18. The summed E-state index contributed by atoms with van der Waals surface area (Å²) in [5, 5.41) is 0.936. The molecule has 0 aromatic carbocycles. The van der Waals surface area contributed by atoms with E-state index in [0.29, 0.717) is 6.04 Å². The monoisotopic (exact) mass is 288 g/mol. The first-order valence-electron chi connectivity index (χ1n) is 7.75. The van der Waals surface area contributed by atoms with Gasteiger partial charge in [-0.05, 0) is 43.6 Å². The maximum atomic E-state index is 12.9. The van der Waals surface area contributed by atoms with Gasteiger partial charge in [-0.25, -0.2) is 4.98 Å². The molecule has 20 heavy (non-hydrogen) atoms. The van der Waals surface area contributed by atoms with Crippen molar-refractivity contribution in [1.82, 2.24) is 9.55 Å². The molecule has 0 aliphatic heterocycles. The van der Waals surface area contributed by atoms with Crippen molar-refractivity contribution < 1.29 is 0 Å². The van der Waals surface area contributed by atoms with Gasteiger partial charge in [0.2, 0.25) is 0 Å². The topological polar surface area (TPSA) is 34.9 Å². The Morgan fingerprint density at radius 3 is 2.90 bits per heavy atom. The summed E-state index contributed by atoms with van der Waals surface area (Å²) in [4.78, 5) is 19.8. The molecule has 0 N–H and O–H groups in total. The van der Waals surface area contributed by atoms with Gasteiger partial charge in [0.25, 0.3) is 5.56 Å². The van der Waals surface area contributed by atoms with Crippen LogP contribution in [0.5, 0.6) is 0 Å². The van der Waals surface area contributed by atoms with Crippen molar-refractivity contribution in [3.8, 4) is 0 Å². The van der Waals surface area contributed by atoms with Crippen LogP contribution in [0.4, 0.5) is 0 Å². The number of rotatable bonds is 1. The third kappa shape index (κ3) is 1.85. The minimum atomic E-state index is 0.217. The summed E-state index contributed by atoms with van der Waals surface area (Å²) < 4.78 is 1.92.